The lowest BCUT2D eigenvalue weighted by molar-refractivity contribution is 1.12. The average molecular weight is 248 g/mol. The number of rotatable bonds is 3. The van der Waals surface area contributed by atoms with E-state index in [0.29, 0.717) is 17.8 Å². The predicted octanol–water partition coefficient (Wildman–Crippen LogP) is 2.75. The Morgan fingerprint density at radius 2 is 2.00 bits per heavy atom. The van der Waals surface area contributed by atoms with Gasteiger partial charge in [-0.05, 0) is 36.2 Å². The number of nitrogens with zero attached hydrogens (tertiary/aromatic N) is 3. The van der Waals surface area contributed by atoms with Gasteiger partial charge in [-0.3, -0.25) is 0 Å². The largest absolute Gasteiger partial charge is 0.380 e. The van der Waals surface area contributed by atoms with Crippen LogP contribution in [-0.2, 0) is 6.54 Å². The number of benzene rings is 1. The lowest BCUT2D eigenvalue weighted by Gasteiger charge is -2.07. The molecule has 92 valence electrons. The Labute approximate surface area is 112 Å². The maximum atomic E-state index is 8.87. The van der Waals surface area contributed by atoms with Crippen molar-refractivity contribution in [2.45, 2.75) is 13.5 Å². The monoisotopic (exact) mass is 248 g/mol. The van der Waals surface area contributed by atoms with Crippen LogP contribution in [0.4, 0.5) is 5.69 Å². The van der Waals surface area contributed by atoms with Crippen molar-refractivity contribution >= 4 is 5.69 Å². The SMILES string of the molecule is Cc1cc(CNc2ccc(C#N)nc2)ccc1C#N. The summed E-state index contributed by atoms with van der Waals surface area (Å²) in [6.07, 6.45) is 1.63. The minimum atomic E-state index is 0.403. The first-order valence-corrected chi connectivity index (χ1v) is 5.82. The van der Waals surface area contributed by atoms with Crippen LogP contribution in [0, 0.1) is 29.6 Å². The van der Waals surface area contributed by atoms with Gasteiger partial charge in [-0.25, -0.2) is 4.98 Å². The molecule has 1 aromatic carbocycles. The van der Waals surface area contributed by atoms with Gasteiger partial charge in [0.25, 0.3) is 0 Å². The summed E-state index contributed by atoms with van der Waals surface area (Å²) in [6, 6.07) is 13.4. The molecule has 1 N–H and O–H groups in total. The van der Waals surface area contributed by atoms with Crippen molar-refractivity contribution < 1.29 is 0 Å². The van der Waals surface area contributed by atoms with Gasteiger partial charge in [-0.2, -0.15) is 10.5 Å². The van der Waals surface area contributed by atoms with E-state index in [-0.39, 0.29) is 0 Å². The Kier molecular flexibility index (Phi) is 3.75. The van der Waals surface area contributed by atoms with Gasteiger partial charge in [0.15, 0.2) is 0 Å². The number of hydrogen-bond donors (Lipinski definition) is 1. The maximum Gasteiger partial charge on any atom is 0.140 e. The number of nitrogens with one attached hydrogen (secondary N) is 1. The molecule has 0 radical (unpaired) electrons. The fraction of sp³-hybridized carbons (Fsp3) is 0.133. The molecular formula is C15H12N4. The quantitative estimate of drug-likeness (QED) is 0.906. The van der Waals surface area contributed by atoms with Gasteiger partial charge in [0.2, 0.25) is 0 Å². The second kappa shape index (κ2) is 5.66. The van der Waals surface area contributed by atoms with Gasteiger partial charge < -0.3 is 5.32 Å². The Hall–Kier alpha value is -2.85. The third kappa shape index (κ3) is 3.08. The van der Waals surface area contributed by atoms with E-state index >= 15 is 0 Å². The van der Waals surface area contributed by atoms with Crippen LogP contribution in [0.2, 0.25) is 0 Å². The molecule has 0 atom stereocenters. The van der Waals surface area contributed by atoms with Gasteiger partial charge in [0, 0.05) is 6.54 Å². The zero-order chi connectivity index (χ0) is 13.7. The van der Waals surface area contributed by atoms with Crippen LogP contribution in [0.3, 0.4) is 0 Å². The van der Waals surface area contributed by atoms with Crippen molar-refractivity contribution in [1.29, 1.82) is 10.5 Å². The molecule has 0 saturated carbocycles. The Balaban J connectivity index is 2.04. The lowest BCUT2D eigenvalue weighted by atomic mass is 10.1. The number of aromatic nitrogens is 1. The Bertz CT molecular complexity index is 660. The molecule has 0 aliphatic rings. The topological polar surface area (TPSA) is 72.5 Å². The third-order valence-electron chi connectivity index (χ3n) is 2.79. The molecule has 0 spiro atoms. The van der Waals surface area contributed by atoms with E-state index in [4.69, 9.17) is 10.5 Å². The van der Waals surface area contributed by atoms with Crippen molar-refractivity contribution in [2.75, 3.05) is 5.32 Å². The minimum absolute atomic E-state index is 0.403. The van der Waals surface area contributed by atoms with E-state index < -0.39 is 0 Å². The van der Waals surface area contributed by atoms with E-state index in [1.54, 1.807) is 12.3 Å². The maximum absolute atomic E-state index is 8.87. The smallest absolute Gasteiger partial charge is 0.140 e. The zero-order valence-electron chi connectivity index (χ0n) is 10.5. The van der Waals surface area contributed by atoms with Gasteiger partial charge >= 0.3 is 0 Å². The summed E-state index contributed by atoms with van der Waals surface area (Å²) in [5.41, 5.74) is 4.03. The Morgan fingerprint density at radius 3 is 2.58 bits per heavy atom. The molecule has 0 bridgehead atoms. The first-order valence-electron chi connectivity index (χ1n) is 5.82. The number of nitriles is 2. The van der Waals surface area contributed by atoms with Crippen molar-refractivity contribution in [3.05, 3.63) is 58.9 Å². The molecule has 0 amide bonds. The van der Waals surface area contributed by atoms with Crippen LogP contribution >= 0.6 is 0 Å². The van der Waals surface area contributed by atoms with E-state index in [9.17, 15) is 0 Å². The summed E-state index contributed by atoms with van der Waals surface area (Å²) < 4.78 is 0. The minimum Gasteiger partial charge on any atom is -0.380 e. The molecule has 0 aliphatic carbocycles. The summed E-state index contributed by atoms with van der Waals surface area (Å²) in [5.74, 6) is 0. The second-order valence-corrected chi connectivity index (χ2v) is 4.16. The van der Waals surface area contributed by atoms with Crippen molar-refractivity contribution in [3.63, 3.8) is 0 Å². The van der Waals surface area contributed by atoms with Gasteiger partial charge in [0.1, 0.15) is 11.8 Å². The van der Waals surface area contributed by atoms with Crippen LogP contribution in [0.15, 0.2) is 36.5 Å². The summed E-state index contributed by atoms with van der Waals surface area (Å²) in [7, 11) is 0. The molecule has 19 heavy (non-hydrogen) atoms. The second-order valence-electron chi connectivity index (χ2n) is 4.16. The standard InChI is InChI=1S/C15H12N4/c1-11-6-12(2-3-13(11)7-16)9-18-15-5-4-14(8-17)19-10-15/h2-6,10,18H,9H2,1H3. The van der Waals surface area contributed by atoms with Crippen molar-refractivity contribution in [3.8, 4) is 12.1 Å². The van der Waals surface area contributed by atoms with E-state index in [1.165, 1.54) is 0 Å². The van der Waals surface area contributed by atoms with E-state index in [1.807, 2.05) is 37.3 Å². The number of hydrogen-bond acceptors (Lipinski definition) is 4. The molecule has 2 rings (SSSR count). The molecule has 1 heterocycles. The summed E-state index contributed by atoms with van der Waals surface area (Å²) in [5, 5.41) is 20.7. The molecule has 2 aromatic rings. The third-order valence-corrected chi connectivity index (χ3v) is 2.79. The molecule has 4 heteroatoms. The molecule has 0 fully saturated rings. The average Bonchev–Trinajstić information content (AvgIpc) is 2.46. The van der Waals surface area contributed by atoms with Crippen LogP contribution in [0.5, 0.6) is 0 Å². The van der Waals surface area contributed by atoms with Crippen LogP contribution < -0.4 is 5.32 Å². The number of pyridine rings is 1. The molecular weight excluding hydrogens is 236 g/mol. The normalized spacial score (nSPS) is 9.42. The number of anilines is 1. The first kappa shape index (κ1) is 12.6. The van der Waals surface area contributed by atoms with E-state index in [2.05, 4.69) is 16.4 Å². The van der Waals surface area contributed by atoms with Crippen molar-refractivity contribution in [1.82, 2.24) is 4.98 Å². The van der Waals surface area contributed by atoms with Crippen LogP contribution in [0.25, 0.3) is 0 Å². The molecule has 1 aromatic heterocycles. The summed E-state index contributed by atoms with van der Waals surface area (Å²) in [6.45, 7) is 2.57. The predicted molar refractivity (Wildman–Crippen MR) is 72.2 cm³/mol. The highest BCUT2D eigenvalue weighted by molar-refractivity contribution is 5.45. The van der Waals surface area contributed by atoms with Crippen LogP contribution in [0.1, 0.15) is 22.4 Å². The highest BCUT2D eigenvalue weighted by Crippen LogP contribution is 2.12. The van der Waals surface area contributed by atoms with Gasteiger partial charge in [0.05, 0.1) is 23.5 Å². The highest BCUT2D eigenvalue weighted by atomic mass is 14.9. The van der Waals surface area contributed by atoms with Crippen LogP contribution in [-0.4, -0.2) is 4.98 Å². The molecule has 0 aliphatic heterocycles. The highest BCUT2D eigenvalue weighted by Gasteiger charge is 2.00. The lowest BCUT2D eigenvalue weighted by Crippen LogP contribution is -2.00. The van der Waals surface area contributed by atoms with Gasteiger partial charge in [-0.15, -0.1) is 0 Å². The zero-order valence-corrected chi connectivity index (χ0v) is 10.5. The van der Waals surface area contributed by atoms with Gasteiger partial charge in [-0.1, -0.05) is 12.1 Å². The Morgan fingerprint density at radius 1 is 1.16 bits per heavy atom. The summed E-state index contributed by atoms with van der Waals surface area (Å²) >= 11 is 0. The van der Waals surface area contributed by atoms with Crippen molar-refractivity contribution in [2.24, 2.45) is 0 Å². The summed E-state index contributed by atoms with van der Waals surface area (Å²) in [4.78, 5) is 3.99. The molecule has 0 saturated heterocycles. The fourth-order valence-corrected chi connectivity index (χ4v) is 1.73. The molecule has 4 nitrogen and oxygen atoms in total. The number of aryl methyl sites for hydroxylation is 1. The van der Waals surface area contributed by atoms with E-state index in [0.717, 1.165) is 16.8 Å². The first-order chi connectivity index (χ1) is 9.22. The molecule has 0 unspecified atom stereocenters. The fourth-order valence-electron chi connectivity index (χ4n) is 1.73.